The van der Waals surface area contributed by atoms with Gasteiger partial charge in [-0.25, -0.2) is 9.59 Å². The minimum Gasteiger partial charge on any atom is -0.472 e. The molecule has 1 N–H and O–H groups in total. The van der Waals surface area contributed by atoms with Crippen LogP contribution in [0.2, 0.25) is 0 Å². The molecule has 1 aromatic heterocycles. The van der Waals surface area contributed by atoms with Gasteiger partial charge in [-0.3, -0.25) is 0 Å². The molecule has 7 nitrogen and oxygen atoms in total. The second kappa shape index (κ2) is 10.2. The number of furan rings is 1. The molecule has 0 unspecified atom stereocenters. The molecule has 0 bridgehead atoms. The SMILES string of the molecule is C/C=C(\C)C(=O)O[C@@H]1[C@@H]2OC[C@]3(C)[C@H](O)C[C@H](OC(=O)/C(C)=C/C)[C@@](C)([C@@H]23)[C@H]2CC[C@]3(C)C(=CC[C@H]3c3ccoc3)[C@]12C. The topological polar surface area (TPSA) is 95.2 Å². The van der Waals surface area contributed by atoms with E-state index >= 15 is 0 Å². The number of fused-ring (bicyclic) bond motifs is 4. The average Bonchev–Trinajstić information content (AvgIpc) is 3.71. The zero-order valence-electron chi connectivity index (χ0n) is 26.9. The van der Waals surface area contributed by atoms with Gasteiger partial charge in [0.25, 0.3) is 0 Å². The first-order valence-corrected chi connectivity index (χ1v) is 16.0. The number of aliphatic hydroxyl groups excluding tert-OH is 1. The van der Waals surface area contributed by atoms with E-state index in [1.165, 1.54) is 11.1 Å². The van der Waals surface area contributed by atoms with E-state index in [0.29, 0.717) is 24.2 Å². The number of aliphatic hydroxyl groups is 1. The van der Waals surface area contributed by atoms with Gasteiger partial charge < -0.3 is 23.7 Å². The Bertz CT molecular complexity index is 1390. The number of allylic oxidation sites excluding steroid dienone is 3. The van der Waals surface area contributed by atoms with Gasteiger partial charge >= 0.3 is 11.9 Å². The van der Waals surface area contributed by atoms with Crippen LogP contribution in [0.4, 0.5) is 0 Å². The summed E-state index contributed by atoms with van der Waals surface area (Å²) in [5, 5.41) is 11.7. The largest absolute Gasteiger partial charge is 0.472 e. The Hall–Kier alpha value is -2.64. The predicted octanol–water partition coefficient (Wildman–Crippen LogP) is 6.68. The number of carbonyl (C=O) groups excluding carboxylic acids is 2. The van der Waals surface area contributed by atoms with Gasteiger partial charge in [-0.15, -0.1) is 0 Å². The van der Waals surface area contributed by atoms with Crippen LogP contribution < -0.4 is 0 Å². The fraction of sp³-hybridized carbons (Fsp3) is 0.667. The maximum Gasteiger partial charge on any atom is 0.333 e. The number of esters is 2. The first-order valence-electron chi connectivity index (χ1n) is 16.0. The van der Waals surface area contributed by atoms with Crippen LogP contribution in [0.15, 0.2) is 58.0 Å². The highest BCUT2D eigenvalue weighted by molar-refractivity contribution is 5.88. The van der Waals surface area contributed by atoms with Crippen LogP contribution in [-0.4, -0.2) is 48.1 Å². The summed E-state index contributed by atoms with van der Waals surface area (Å²) in [6.07, 6.45) is 10.3. The van der Waals surface area contributed by atoms with Gasteiger partial charge in [0.15, 0.2) is 0 Å². The Morgan fingerprint density at radius 1 is 1.05 bits per heavy atom. The van der Waals surface area contributed by atoms with Crippen molar-refractivity contribution in [1.29, 1.82) is 0 Å². The van der Waals surface area contributed by atoms with E-state index in [0.717, 1.165) is 19.3 Å². The number of hydrogen-bond donors (Lipinski definition) is 1. The summed E-state index contributed by atoms with van der Waals surface area (Å²) in [4.78, 5) is 26.8. The number of rotatable bonds is 5. The van der Waals surface area contributed by atoms with Crippen LogP contribution in [0, 0.1) is 33.5 Å². The highest BCUT2D eigenvalue weighted by atomic mass is 16.6. The van der Waals surface area contributed by atoms with Gasteiger partial charge in [0, 0.05) is 39.7 Å². The molecule has 6 rings (SSSR count). The predicted molar refractivity (Wildman–Crippen MR) is 162 cm³/mol. The smallest absolute Gasteiger partial charge is 0.333 e. The summed E-state index contributed by atoms with van der Waals surface area (Å²) >= 11 is 0. The highest BCUT2D eigenvalue weighted by Gasteiger charge is 2.77. The van der Waals surface area contributed by atoms with Crippen molar-refractivity contribution in [3.8, 4) is 0 Å². The van der Waals surface area contributed by atoms with Crippen LogP contribution in [0.5, 0.6) is 0 Å². The van der Waals surface area contributed by atoms with Gasteiger partial charge in [-0.05, 0) is 75.8 Å². The lowest BCUT2D eigenvalue weighted by Gasteiger charge is -2.69. The molecule has 3 saturated carbocycles. The van der Waals surface area contributed by atoms with E-state index in [9.17, 15) is 14.7 Å². The summed E-state index contributed by atoms with van der Waals surface area (Å²) in [5.41, 5.74) is 1.76. The minimum atomic E-state index is -0.720. The third-order valence-electron chi connectivity index (χ3n) is 13.0. The molecule has 4 fully saturated rings. The Kier molecular flexibility index (Phi) is 7.21. The molecule has 2 heterocycles. The first kappa shape index (κ1) is 30.4. The molecular formula is C36H48O7. The van der Waals surface area contributed by atoms with Crippen molar-refractivity contribution >= 4 is 11.9 Å². The molecule has 1 aromatic rings. The lowest BCUT2D eigenvalue weighted by atomic mass is 9.36. The average molecular weight is 593 g/mol. The fourth-order valence-electron chi connectivity index (χ4n) is 10.5. The third kappa shape index (κ3) is 3.99. The van der Waals surface area contributed by atoms with Gasteiger partial charge in [0.1, 0.15) is 12.2 Å². The summed E-state index contributed by atoms with van der Waals surface area (Å²) in [5.74, 6) is -0.588. The molecule has 7 heteroatoms. The number of ether oxygens (including phenoxy) is 3. The summed E-state index contributed by atoms with van der Waals surface area (Å²) in [6.45, 7) is 16.6. The molecule has 11 atom stereocenters. The summed E-state index contributed by atoms with van der Waals surface area (Å²) in [7, 11) is 0. The van der Waals surface area contributed by atoms with E-state index < -0.39 is 40.7 Å². The second-order valence-corrected chi connectivity index (χ2v) is 14.8. The van der Waals surface area contributed by atoms with Crippen molar-refractivity contribution in [2.24, 2.45) is 33.5 Å². The van der Waals surface area contributed by atoms with Gasteiger partial charge in [0.2, 0.25) is 0 Å². The number of carbonyl (C=O) groups is 2. The van der Waals surface area contributed by atoms with E-state index in [1.807, 2.05) is 20.1 Å². The van der Waals surface area contributed by atoms with Gasteiger partial charge in [-0.2, -0.15) is 0 Å². The summed E-state index contributed by atoms with van der Waals surface area (Å²) < 4.78 is 25.2. The highest BCUT2D eigenvalue weighted by Crippen LogP contribution is 2.75. The molecule has 1 aliphatic heterocycles. The Labute approximate surface area is 255 Å². The summed E-state index contributed by atoms with van der Waals surface area (Å²) in [6, 6.07) is 2.07. The Morgan fingerprint density at radius 2 is 1.72 bits per heavy atom. The molecule has 0 spiro atoms. The van der Waals surface area contributed by atoms with Crippen LogP contribution in [-0.2, 0) is 23.8 Å². The molecule has 4 aliphatic carbocycles. The van der Waals surface area contributed by atoms with Crippen LogP contribution in [0.1, 0.15) is 92.6 Å². The lowest BCUT2D eigenvalue weighted by Crippen LogP contribution is -2.73. The third-order valence-corrected chi connectivity index (χ3v) is 13.0. The van der Waals surface area contributed by atoms with Crippen molar-refractivity contribution in [1.82, 2.24) is 0 Å². The van der Waals surface area contributed by atoms with Crippen molar-refractivity contribution in [3.05, 3.63) is 59.1 Å². The van der Waals surface area contributed by atoms with E-state index in [2.05, 4.69) is 39.8 Å². The second-order valence-electron chi connectivity index (χ2n) is 14.8. The maximum atomic E-state index is 13.6. The first-order chi connectivity index (χ1) is 20.3. The van der Waals surface area contributed by atoms with E-state index in [1.54, 1.807) is 32.3 Å². The molecule has 1 saturated heterocycles. The molecule has 43 heavy (non-hydrogen) atoms. The maximum absolute atomic E-state index is 13.6. The van der Waals surface area contributed by atoms with Crippen LogP contribution in [0.3, 0.4) is 0 Å². The minimum absolute atomic E-state index is 0.0182. The van der Waals surface area contributed by atoms with Gasteiger partial charge in [0.05, 0.1) is 31.3 Å². The lowest BCUT2D eigenvalue weighted by molar-refractivity contribution is -0.263. The molecule has 0 aromatic carbocycles. The Balaban J connectivity index is 1.53. The quantitative estimate of drug-likeness (QED) is 0.232. The molecule has 234 valence electrons. The van der Waals surface area contributed by atoms with Gasteiger partial charge in [-0.1, -0.05) is 51.5 Å². The molecule has 5 aliphatic rings. The van der Waals surface area contributed by atoms with Crippen LogP contribution >= 0.6 is 0 Å². The molecular weight excluding hydrogens is 544 g/mol. The molecule has 0 amide bonds. The zero-order valence-corrected chi connectivity index (χ0v) is 26.9. The van der Waals surface area contributed by atoms with E-state index in [4.69, 9.17) is 18.6 Å². The molecule has 0 radical (unpaired) electrons. The Morgan fingerprint density at radius 3 is 2.35 bits per heavy atom. The zero-order chi connectivity index (χ0) is 31.1. The van der Waals surface area contributed by atoms with Crippen molar-refractivity contribution in [3.63, 3.8) is 0 Å². The van der Waals surface area contributed by atoms with E-state index in [-0.39, 0.29) is 35.1 Å². The van der Waals surface area contributed by atoms with Crippen molar-refractivity contribution < 1.29 is 33.3 Å². The standard InChI is InChI=1S/C36H48O7/c1-9-20(3)31(38)42-27-17-26(37)34(6)19-41-28-29(34)36(27,8)25-13-15-33(5)23(22-14-16-40-18-22)11-12-24(33)35(25,7)30(28)43-32(39)21(4)10-2/h9-10,12,14,16,18,23,25-30,37H,11,13,15,17,19H2,1-8H3/b20-9+,21-10+/t23-,25-,26+,27-,28+,29-,30+,33-,34+,35-,36-/m0/s1. The normalized spacial score (nSPS) is 45.5. The van der Waals surface area contributed by atoms with Crippen molar-refractivity contribution in [2.75, 3.05) is 6.61 Å². The monoisotopic (exact) mass is 592 g/mol. The van der Waals surface area contributed by atoms with Crippen molar-refractivity contribution in [2.45, 2.75) is 111 Å². The van der Waals surface area contributed by atoms with Crippen LogP contribution in [0.25, 0.3) is 0 Å². The fourth-order valence-corrected chi connectivity index (χ4v) is 10.5. The number of hydrogen-bond acceptors (Lipinski definition) is 7.